The number of halogens is 1. The Morgan fingerprint density at radius 1 is 1.00 bits per heavy atom. The van der Waals surface area contributed by atoms with Gasteiger partial charge in [0.15, 0.2) is 0 Å². The van der Waals surface area contributed by atoms with E-state index >= 15 is 0 Å². The van der Waals surface area contributed by atoms with Crippen molar-refractivity contribution in [3.05, 3.63) is 42.5 Å². The predicted octanol–water partition coefficient (Wildman–Crippen LogP) is 4.69. The summed E-state index contributed by atoms with van der Waals surface area (Å²) in [5.74, 6) is 0.655. The van der Waals surface area contributed by atoms with E-state index in [9.17, 15) is 4.39 Å². The molecule has 1 aromatic carbocycles. The van der Waals surface area contributed by atoms with Gasteiger partial charge in [-0.2, -0.15) is 0 Å². The van der Waals surface area contributed by atoms with E-state index in [0.29, 0.717) is 18.9 Å². The first kappa shape index (κ1) is 18.9. The molecule has 0 saturated carbocycles. The molecule has 4 rings (SSSR count). The molecule has 0 radical (unpaired) electrons. The standard InChI is InChI=1S/C22H29FN2OS/c23-20-10-11-24(16-20)14-15-26-17-18-8-12-25(13-9-18)22-7-6-21(27-22)19-4-2-1-3-5-19/h1-7,18,20H,8-17H2/t20-/m1/s1. The average Bonchev–Trinajstić information content (AvgIpc) is 3.36. The summed E-state index contributed by atoms with van der Waals surface area (Å²) in [6.07, 6.45) is 2.44. The van der Waals surface area contributed by atoms with E-state index in [0.717, 1.165) is 39.4 Å². The minimum Gasteiger partial charge on any atom is -0.380 e. The van der Waals surface area contributed by atoms with Crippen LogP contribution in [0.4, 0.5) is 9.39 Å². The lowest BCUT2D eigenvalue weighted by Crippen LogP contribution is -2.35. The highest BCUT2D eigenvalue weighted by Gasteiger charge is 2.22. The first-order valence-corrected chi connectivity index (χ1v) is 10.9. The van der Waals surface area contributed by atoms with E-state index in [1.54, 1.807) is 0 Å². The number of nitrogens with zero attached hydrogens (tertiary/aromatic N) is 2. The molecule has 0 unspecified atom stereocenters. The summed E-state index contributed by atoms with van der Waals surface area (Å²) >= 11 is 1.89. The highest BCUT2D eigenvalue weighted by Crippen LogP contribution is 2.35. The summed E-state index contributed by atoms with van der Waals surface area (Å²) in [5.41, 5.74) is 1.30. The molecule has 27 heavy (non-hydrogen) atoms. The van der Waals surface area contributed by atoms with Crippen LogP contribution in [-0.2, 0) is 4.74 Å². The van der Waals surface area contributed by atoms with E-state index in [4.69, 9.17) is 4.74 Å². The molecule has 1 atom stereocenters. The number of hydrogen-bond donors (Lipinski definition) is 0. The van der Waals surface area contributed by atoms with Crippen LogP contribution < -0.4 is 4.90 Å². The molecule has 0 spiro atoms. The third kappa shape index (κ3) is 5.09. The smallest absolute Gasteiger partial charge is 0.114 e. The van der Waals surface area contributed by atoms with E-state index in [2.05, 4.69) is 52.3 Å². The number of rotatable bonds is 7. The first-order valence-electron chi connectivity index (χ1n) is 10.1. The Balaban J connectivity index is 1.18. The van der Waals surface area contributed by atoms with Gasteiger partial charge >= 0.3 is 0 Å². The molecule has 146 valence electrons. The van der Waals surface area contributed by atoms with Gasteiger partial charge in [-0.3, -0.25) is 4.90 Å². The Morgan fingerprint density at radius 2 is 1.81 bits per heavy atom. The molecule has 5 heteroatoms. The molecule has 3 heterocycles. The normalized spacial score (nSPS) is 21.8. The second-order valence-electron chi connectivity index (χ2n) is 7.70. The van der Waals surface area contributed by atoms with Crippen molar-refractivity contribution < 1.29 is 9.13 Å². The molecule has 3 nitrogen and oxygen atoms in total. The van der Waals surface area contributed by atoms with Gasteiger partial charge in [-0.25, -0.2) is 4.39 Å². The molecule has 0 N–H and O–H groups in total. The van der Waals surface area contributed by atoms with Gasteiger partial charge in [-0.05, 0) is 42.9 Å². The zero-order valence-corrected chi connectivity index (χ0v) is 16.7. The molecule has 1 aromatic heterocycles. The molecule has 0 amide bonds. The van der Waals surface area contributed by atoms with Gasteiger partial charge < -0.3 is 9.64 Å². The van der Waals surface area contributed by atoms with Crippen molar-refractivity contribution in [1.82, 2.24) is 4.90 Å². The fourth-order valence-electron chi connectivity index (χ4n) is 4.01. The first-order chi connectivity index (χ1) is 13.3. The van der Waals surface area contributed by atoms with Gasteiger partial charge in [0.05, 0.1) is 11.6 Å². The van der Waals surface area contributed by atoms with Crippen LogP contribution >= 0.6 is 11.3 Å². The lowest BCUT2D eigenvalue weighted by Gasteiger charge is -2.32. The largest absolute Gasteiger partial charge is 0.380 e. The molecule has 2 saturated heterocycles. The van der Waals surface area contributed by atoms with Crippen molar-refractivity contribution >= 4 is 16.3 Å². The van der Waals surface area contributed by atoms with Crippen LogP contribution in [0.15, 0.2) is 42.5 Å². The second kappa shape index (κ2) is 9.18. The third-order valence-electron chi connectivity index (χ3n) is 5.70. The quantitative estimate of drug-likeness (QED) is 0.640. The summed E-state index contributed by atoms with van der Waals surface area (Å²) < 4.78 is 19.1. The molecule has 2 fully saturated rings. The van der Waals surface area contributed by atoms with E-state index < -0.39 is 6.17 Å². The lowest BCUT2D eigenvalue weighted by molar-refractivity contribution is 0.0742. The van der Waals surface area contributed by atoms with Gasteiger partial charge in [0.2, 0.25) is 0 Å². The van der Waals surface area contributed by atoms with Gasteiger partial charge in [-0.1, -0.05) is 30.3 Å². The zero-order chi connectivity index (χ0) is 18.5. The highest BCUT2D eigenvalue weighted by atomic mass is 32.1. The lowest BCUT2D eigenvalue weighted by atomic mass is 9.98. The van der Waals surface area contributed by atoms with Crippen molar-refractivity contribution in [3.8, 4) is 10.4 Å². The van der Waals surface area contributed by atoms with E-state index in [-0.39, 0.29) is 0 Å². The molecular formula is C22H29FN2OS. The third-order valence-corrected chi connectivity index (χ3v) is 6.89. The molecule has 2 aliphatic heterocycles. The van der Waals surface area contributed by atoms with Crippen molar-refractivity contribution in [1.29, 1.82) is 0 Å². The van der Waals surface area contributed by atoms with Crippen LogP contribution in [0.5, 0.6) is 0 Å². The number of piperidine rings is 1. The maximum absolute atomic E-state index is 13.2. The summed E-state index contributed by atoms with van der Waals surface area (Å²) in [6.45, 7) is 6.15. The maximum Gasteiger partial charge on any atom is 0.114 e. The highest BCUT2D eigenvalue weighted by molar-refractivity contribution is 7.19. The molecular weight excluding hydrogens is 359 g/mol. The maximum atomic E-state index is 13.2. The summed E-state index contributed by atoms with van der Waals surface area (Å²) in [7, 11) is 0. The van der Waals surface area contributed by atoms with Crippen LogP contribution in [0, 0.1) is 5.92 Å². The number of alkyl halides is 1. The van der Waals surface area contributed by atoms with Crippen LogP contribution in [0.1, 0.15) is 19.3 Å². The number of benzene rings is 1. The SMILES string of the molecule is F[C@@H]1CCN(CCOCC2CCN(c3ccc(-c4ccccc4)s3)CC2)C1. The molecule has 0 bridgehead atoms. The summed E-state index contributed by atoms with van der Waals surface area (Å²) in [4.78, 5) is 6.03. The Morgan fingerprint density at radius 3 is 2.56 bits per heavy atom. The molecule has 2 aromatic rings. The molecule has 0 aliphatic carbocycles. The van der Waals surface area contributed by atoms with E-state index in [1.165, 1.54) is 28.3 Å². The Kier molecular flexibility index (Phi) is 6.43. The topological polar surface area (TPSA) is 15.7 Å². The number of hydrogen-bond acceptors (Lipinski definition) is 4. The van der Waals surface area contributed by atoms with Crippen molar-refractivity contribution in [2.75, 3.05) is 50.8 Å². The number of anilines is 1. The summed E-state index contributed by atoms with van der Waals surface area (Å²) in [5, 5.41) is 1.38. The fourth-order valence-corrected chi connectivity index (χ4v) is 5.07. The minimum absolute atomic E-state index is 0.591. The predicted molar refractivity (Wildman–Crippen MR) is 111 cm³/mol. The van der Waals surface area contributed by atoms with Crippen LogP contribution in [-0.4, -0.2) is 57.0 Å². The average molecular weight is 389 g/mol. The fraction of sp³-hybridized carbons (Fsp3) is 0.545. The number of likely N-dealkylation sites (tertiary alicyclic amines) is 1. The van der Waals surface area contributed by atoms with Gasteiger partial charge in [-0.15, -0.1) is 11.3 Å². The van der Waals surface area contributed by atoms with Gasteiger partial charge in [0.1, 0.15) is 6.17 Å². The van der Waals surface area contributed by atoms with E-state index in [1.807, 2.05) is 11.3 Å². The van der Waals surface area contributed by atoms with Gasteiger partial charge in [0.25, 0.3) is 0 Å². The Hall–Kier alpha value is -1.43. The monoisotopic (exact) mass is 388 g/mol. The number of ether oxygens (including phenoxy) is 1. The van der Waals surface area contributed by atoms with Crippen LogP contribution in [0.2, 0.25) is 0 Å². The number of thiophene rings is 1. The Labute approximate surface area is 165 Å². The van der Waals surface area contributed by atoms with Gasteiger partial charge in [0, 0.05) is 44.2 Å². The van der Waals surface area contributed by atoms with Crippen molar-refractivity contribution in [2.45, 2.75) is 25.4 Å². The van der Waals surface area contributed by atoms with Crippen LogP contribution in [0.25, 0.3) is 10.4 Å². The second-order valence-corrected chi connectivity index (χ2v) is 8.76. The Bertz CT molecular complexity index is 699. The molecule has 2 aliphatic rings. The van der Waals surface area contributed by atoms with Crippen LogP contribution in [0.3, 0.4) is 0 Å². The van der Waals surface area contributed by atoms with Crippen molar-refractivity contribution in [2.24, 2.45) is 5.92 Å². The van der Waals surface area contributed by atoms with Crippen molar-refractivity contribution in [3.63, 3.8) is 0 Å². The summed E-state index contributed by atoms with van der Waals surface area (Å²) in [6, 6.07) is 15.1. The minimum atomic E-state index is -0.631. The zero-order valence-electron chi connectivity index (χ0n) is 15.9.